The number of halogens is 1. The molecule has 1 saturated carbocycles. The van der Waals surface area contributed by atoms with Crippen molar-refractivity contribution in [1.29, 1.82) is 0 Å². The van der Waals surface area contributed by atoms with Crippen molar-refractivity contribution in [2.45, 2.75) is 31.7 Å². The molecule has 100 valence electrons. The molecule has 0 atom stereocenters. The van der Waals surface area contributed by atoms with Crippen molar-refractivity contribution in [2.75, 3.05) is 7.11 Å². The van der Waals surface area contributed by atoms with Gasteiger partial charge in [0.1, 0.15) is 0 Å². The van der Waals surface area contributed by atoms with Crippen molar-refractivity contribution < 1.29 is 9.53 Å². The Labute approximate surface area is 119 Å². The van der Waals surface area contributed by atoms with Crippen LogP contribution in [0.1, 0.15) is 42.1 Å². The topological polar surface area (TPSA) is 44.1 Å². The van der Waals surface area contributed by atoms with Crippen LogP contribution in [0.2, 0.25) is 0 Å². The van der Waals surface area contributed by atoms with E-state index in [9.17, 15) is 4.79 Å². The molecule has 1 aliphatic rings. The molecule has 3 rings (SSSR count). The highest BCUT2D eigenvalue weighted by atomic mass is 79.9. The lowest BCUT2D eigenvalue weighted by Crippen LogP contribution is -2.04. The van der Waals surface area contributed by atoms with Crippen LogP contribution in [0.3, 0.4) is 0 Å². The Kier molecular flexibility index (Phi) is 3.31. The fraction of sp³-hybridized carbons (Fsp3) is 0.429. The average molecular weight is 323 g/mol. The van der Waals surface area contributed by atoms with Gasteiger partial charge in [0.15, 0.2) is 0 Å². The summed E-state index contributed by atoms with van der Waals surface area (Å²) in [4.78, 5) is 16.0. The van der Waals surface area contributed by atoms with E-state index in [1.807, 2.05) is 6.33 Å². The molecule has 2 aromatic rings. The van der Waals surface area contributed by atoms with Crippen LogP contribution in [0.15, 0.2) is 22.9 Å². The first-order valence-corrected chi connectivity index (χ1v) is 7.24. The van der Waals surface area contributed by atoms with Crippen LogP contribution in [0.5, 0.6) is 0 Å². The van der Waals surface area contributed by atoms with Crippen LogP contribution >= 0.6 is 15.9 Å². The first-order chi connectivity index (χ1) is 9.20. The van der Waals surface area contributed by atoms with Crippen molar-refractivity contribution in [2.24, 2.45) is 0 Å². The average Bonchev–Trinajstić information content (AvgIpc) is 3.05. The second-order valence-corrected chi connectivity index (χ2v) is 5.76. The Morgan fingerprint density at radius 3 is 2.84 bits per heavy atom. The number of benzene rings is 1. The van der Waals surface area contributed by atoms with E-state index in [0.717, 1.165) is 15.5 Å². The first kappa shape index (κ1) is 12.7. The van der Waals surface area contributed by atoms with Gasteiger partial charge >= 0.3 is 5.97 Å². The molecule has 0 spiro atoms. The molecule has 1 aromatic carbocycles. The zero-order valence-corrected chi connectivity index (χ0v) is 12.3. The third-order valence-electron chi connectivity index (χ3n) is 3.76. The Bertz CT molecular complexity index is 630. The molecule has 4 nitrogen and oxygen atoms in total. The summed E-state index contributed by atoms with van der Waals surface area (Å²) in [6, 6.07) is 4.13. The molecular formula is C14H15BrN2O2. The number of hydrogen-bond donors (Lipinski definition) is 0. The monoisotopic (exact) mass is 322 g/mol. The molecule has 1 heterocycles. The Morgan fingerprint density at radius 1 is 1.42 bits per heavy atom. The minimum absolute atomic E-state index is 0.335. The highest BCUT2D eigenvalue weighted by Gasteiger charge is 2.21. The smallest absolute Gasteiger partial charge is 0.337 e. The Balaban J connectivity index is 2.11. The lowest BCUT2D eigenvalue weighted by Gasteiger charge is -2.13. The highest BCUT2D eigenvalue weighted by molar-refractivity contribution is 9.10. The standard InChI is InChI=1S/C14H15BrN2O2/c1-19-14(18)9-6-11(15)13-12(7-9)16-8-17(13)10-4-2-3-5-10/h6-8,10H,2-5H2,1H3. The zero-order valence-electron chi connectivity index (χ0n) is 10.7. The molecule has 5 heteroatoms. The van der Waals surface area contributed by atoms with E-state index < -0.39 is 0 Å². The zero-order chi connectivity index (χ0) is 13.4. The summed E-state index contributed by atoms with van der Waals surface area (Å²) < 4.78 is 7.88. The number of carbonyl (C=O) groups is 1. The van der Waals surface area contributed by atoms with E-state index in [4.69, 9.17) is 4.74 Å². The van der Waals surface area contributed by atoms with Gasteiger partial charge in [-0.3, -0.25) is 0 Å². The van der Waals surface area contributed by atoms with Crippen molar-refractivity contribution in [1.82, 2.24) is 9.55 Å². The molecule has 0 aliphatic heterocycles. The normalized spacial score (nSPS) is 16.1. The van der Waals surface area contributed by atoms with E-state index in [0.29, 0.717) is 11.6 Å². The fourth-order valence-electron chi connectivity index (χ4n) is 2.82. The van der Waals surface area contributed by atoms with Crippen LogP contribution in [0, 0.1) is 0 Å². The summed E-state index contributed by atoms with van der Waals surface area (Å²) in [5.74, 6) is -0.335. The summed E-state index contributed by atoms with van der Waals surface area (Å²) in [7, 11) is 1.39. The van der Waals surface area contributed by atoms with E-state index in [1.165, 1.54) is 32.8 Å². The van der Waals surface area contributed by atoms with Crippen molar-refractivity contribution in [3.63, 3.8) is 0 Å². The van der Waals surface area contributed by atoms with Gasteiger partial charge in [-0.1, -0.05) is 12.8 Å². The molecule has 0 bridgehead atoms. The summed E-state index contributed by atoms with van der Waals surface area (Å²) in [6.45, 7) is 0. The number of nitrogens with zero attached hydrogens (tertiary/aromatic N) is 2. The number of ether oxygens (including phenoxy) is 1. The van der Waals surface area contributed by atoms with Crippen LogP contribution < -0.4 is 0 Å². The molecule has 1 fully saturated rings. The Morgan fingerprint density at radius 2 is 2.16 bits per heavy atom. The van der Waals surface area contributed by atoms with Crippen LogP contribution in [-0.2, 0) is 4.74 Å². The first-order valence-electron chi connectivity index (χ1n) is 6.45. The third kappa shape index (κ3) is 2.16. The molecule has 1 aromatic heterocycles. The minimum Gasteiger partial charge on any atom is -0.465 e. The van der Waals surface area contributed by atoms with Gasteiger partial charge in [0, 0.05) is 10.5 Å². The van der Waals surface area contributed by atoms with Crippen molar-refractivity contribution >= 4 is 32.9 Å². The van der Waals surface area contributed by atoms with Gasteiger partial charge in [0.25, 0.3) is 0 Å². The lowest BCUT2D eigenvalue weighted by atomic mass is 10.2. The predicted molar refractivity (Wildman–Crippen MR) is 76.3 cm³/mol. The largest absolute Gasteiger partial charge is 0.465 e. The summed E-state index contributed by atoms with van der Waals surface area (Å²) >= 11 is 3.55. The van der Waals surface area contributed by atoms with Gasteiger partial charge in [0.05, 0.1) is 30.0 Å². The number of fused-ring (bicyclic) bond motifs is 1. The predicted octanol–water partition coefficient (Wildman–Crippen LogP) is 3.70. The number of esters is 1. The van der Waals surface area contributed by atoms with Crippen molar-refractivity contribution in [3.05, 3.63) is 28.5 Å². The second-order valence-electron chi connectivity index (χ2n) is 4.91. The third-order valence-corrected chi connectivity index (χ3v) is 4.37. The van der Waals surface area contributed by atoms with Gasteiger partial charge in [-0.25, -0.2) is 9.78 Å². The van der Waals surface area contributed by atoms with E-state index in [2.05, 4.69) is 25.5 Å². The summed E-state index contributed by atoms with van der Waals surface area (Å²) in [6.07, 6.45) is 6.85. The second kappa shape index (κ2) is 4.96. The number of carbonyl (C=O) groups excluding carboxylic acids is 1. The molecule has 0 radical (unpaired) electrons. The van der Waals surface area contributed by atoms with Gasteiger partial charge in [-0.2, -0.15) is 0 Å². The molecule has 1 aliphatic carbocycles. The minimum atomic E-state index is -0.335. The quantitative estimate of drug-likeness (QED) is 0.792. The lowest BCUT2D eigenvalue weighted by molar-refractivity contribution is 0.0601. The van der Waals surface area contributed by atoms with Crippen LogP contribution in [0.4, 0.5) is 0 Å². The maximum atomic E-state index is 11.6. The van der Waals surface area contributed by atoms with Gasteiger partial charge in [-0.15, -0.1) is 0 Å². The Hall–Kier alpha value is -1.36. The molecule has 0 saturated heterocycles. The van der Waals surface area contributed by atoms with Crippen LogP contribution in [-0.4, -0.2) is 22.6 Å². The number of hydrogen-bond acceptors (Lipinski definition) is 3. The van der Waals surface area contributed by atoms with E-state index in [-0.39, 0.29) is 5.97 Å². The van der Waals surface area contributed by atoms with E-state index in [1.54, 1.807) is 12.1 Å². The molecule has 0 N–H and O–H groups in total. The maximum absolute atomic E-state index is 11.6. The number of imidazole rings is 1. The van der Waals surface area contributed by atoms with Crippen LogP contribution in [0.25, 0.3) is 11.0 Å². The number of rotatable bonds is 2. The molecular weight excluding hydrogens is 308 g/mol. The molecule has 0 unspecified atom stereocenters. The number of aromatic nitrogens is 2. The summed E-state index contributed by atoms with van der Waals surface area (Å²) in [5, 5.41) is 0. The van der Waals surface area contributed by atoms with Gasteiger partial charge in [-0.05, 0) is 40.9 Å². The SMILES string of the molecule is COC(=O)c1cc(Br)c2c(c1)ncn2C1CCCC1. The van der Waals surface area contributed by atoms with Crippen molar-refractivity contribution in [3.8, 4) is 0 Å². The molecule has 0 amide bonds. The van der Waals surface area contributed by atoms with Gasteiger partial charge in [0.2, 0.25) is 0 Å². The maximum Gasteiger partial charge on any atom is 0.337 e. The van der Waals surface area contributed by atoms with E-state index >= 15 is 0 Å². The fourth-order valence-corrected chi connectivity index (χ4v) is 3.47. The number of methoxy groups -OCH3 is 1. The van der Waals surface area contributed by atoms with Gasteiger partial charge < -0.3 is 9.30 Å². The summed E-state index contributed by atoms with van der Waals surface area (Å²) in [5.41, 5.74) is 2.43. The molecule has 19 heavy (non-hydrogen) atoms. The highest BCUT2D eigenvalue weighted by Crippen LogP contribution is 2.35.